The molecular formula is C10H13ClN6. The molecule has 2 aromatic heterocycles. The van der Waals surface area contributed by atoms with Gasteiger partial charge in [0.15, 0.2) is 5.82 Å². The minimum atomic E-state index is 0.471. The number of nitrogens with zero attached hydrogens (tertiary/aromatic N) is 5. The standard InChI is InChI=1S/C10H13ClN6/c1-7-9(11)13-5-14-10(7)12-4-3-8-15-6-17(2)16-8/h5-6H,3-4H2,1-2H3,(H,12,13,14). The molecule has 0 saturated carbocycles. The lowest BCUT2D eigenvalue weighted by Crippen LogP contribution is -2.09. The SMILES string of the molecule is Cc1c(Cl)ncnc1NCCc1ncn(C)n1. The van der Waals surface area contributed by atoms with Gasteiger partial charge in [-0.1, -0.05) is 11.6 Å². The lowest BCUT2D eigenvalue weighted by atomic mass is 10.3. The summed E-state index contributed by atoms with van der Waals surface area (Å²) in [4.78, 5) is 12.2. The van der Waals surface area contributed by atoms with Crippen LogP contribution in [0.3, 0.4) is 0 Å². The molecule has 1 N–H and O–H groups in total. The largest absolute Gasteiger partial charge is 0.369 e. The van der Waals surface area contributed by atoms with E-state index in [-0.39, 0.29) is 0 Å². The molecule has 2 rings (SSSR count). The minimum Gasteiger partial charge on any atom is -0.369 e. The van der Waals surface area contributed by atoms with Crippen LogP contribution in [0.2, 0.25) is 5.15 Å². The lowest BCUT2D eigenvalue weighted by molar-refractivity contribution is 0.741. The van der Waals surface area contributed by atoms with Crippen molar-refractivity contribution in [2.24, 2.45) is 7.05 Å². The molecule has 0 radical (unpaired) electrons. The fraction of sp³-hybridized carbons (Fsp3) is 0.400. The van der Waals surface area contributed by atoms with Gasteiger partial charge in [-0.3, -0.25) is 4.68 Å². The van der Waals surface area contributed by atoms with Crippen molar-refractivity contribution in [3.63, 3.8) is 0 Å². The van der Waals surface area contributed by atoms with Crippen LogP contribution >= 0.6 is 11.6 Å². The number of hydrogen-bond donors (Lipinski definition) is 1. The van der Waals surface area contributed by atoms with E-state index in [1.54, 1.807) is 11.0 Å². The molecule has 0 aliphatic heterocycles. The Bertz CT molecular complexity index is 509. The number of anilines is 1. The second-order valence-electron chi connectivity index (χ2n) is 3.65. The van der Waals surface area contributed by atoms with Crippen molar-refractivity contribution in [2.45, 2.75) is 13.3 Å². The fourth-order valence-corrected chi connectivity index (χ4v) is 1.53. The Morgan fingerprint density at radius 3 is 2.88 bits per heavy atom. The van der Waals surface area contributed by atoms with E-state index >= 15 is 0 Å². The molecule has 0 fully saturated rings. The van der Waals surface area contributed by atoms with E-state index in [4.69, 9.17) is 11.6 Å². The molecule has 6 nitrogen and oxygen atoms in total. The van der Waals surface area contributed by atoms with Gasteiger partial charge in [0.2, 0.25) is 0 Å². The maximum absolute atomic E-state index is 5.89. The van der Waals surface area contributed by atoms with E-state index in [9.17, 15) is 0 Å². The summed E-state index contributed by atoms with van der Waals surface area (Å²) < 4.78 is 1.68. The van der Waals surface area contributed by atoms with Crippen molar-refractivity contribution in [1.29, 1.82) is 0 Å². The molecule has 0 amide bonds. The van der Waals surface area contributed by atoms with Crippen molar-refractivity contribution in [3.05, 3.63) is 29.2 Å². The van der Waals surface area contributed by atoms with Crippen molar-refractivity contribution in [1.82, 2.24) is 24.7 Å². The van der Waals surface area contributed by atoms with E-state index in [1.807, 2.05) is 14.0 Å². The molecule has 0 aliphatic carbocycles. The molecular weight excluding hydrogens is 240 g/mol. The zero-order valence-electron chi connectivity index (χ0n) is 9.68. The zero-order chi connectivity index (χ0) is 12.3. The van der Waals surface area contributed by atoms with Gasteiger partial charge in [-0.05, 0) is 6.92 Å². The molecule has 7 heteroatoms. The highest BCUT2D eigenvalue weighted by Gasteiger charge is 2.04. The normalized spacial score (nSPS) is 10.5. The Hall–Kier alpha value is -1.69. The third kappa shape index (κ3) is 2.91. The van der Waals surface area contributed by atoms with Crippen LogP contribution in [0.1, 0.15) is 11.4 Å². The van der Waals surface area contributed by atoms with Gasteiger partial charge in [0.25, 0.3) is 0 Å². The van der Waals surface area contributed by atoms with Crippen molar-refractivity contribution in [3.8, 4) is 0 Å². The van der Waals surface area contributed by atoms with Gasteiger partial charge in [-0.15, -0.1) is 0 Å². The zero-order valence-corrected chi connectivity index (χ0v) is 10.4. The van der Waals surface area contributed by atoms with E-state index in [0.717, 1.165) is 23.6 Å². The summed E-state index contributed by atoms with van der Waals surface area (Å²) in [6.07, 6.45) is 3.86. The molecule has 0 aromatic carbocycles. The quantitative estimate of drug-likeness (QED) is 0.829. The van der Waals surface area contributed by atoms with E-state index in [2.05, 4.69) is 25.4 Å². The maximum Gasteiger partial charge on any atom is 0.152 e. The first-order valence-corrected chi connectivity index (χ1v) is 5.60. The number of aryl methyl sites for hydroxylation is 1. The fourth-order valence-electron chi connectivity index (χ4n) is 1.40. The number of aromatic nitrogens is 5. The highest BCUT2D eigenvalue weighted by Crippen LogP contribution is 2.17. The van der Waals surface area contributed by atoms with Gasteiger partial charge >= 0.3 is 0 Å². The summed E-state index contributed by atoms with van der Waals surface area (Å²) in [5.41, 5.74) is 0.850. The van der Waals surface area contributed by atoms with Crippen LogP contribution in [0.5, 0.6) is 0 Å². The smallest absolute Gasteiger partial charge is 0.152 e. The van der Waals surface area contributed by atoms with Gasteiger partial charge in [0.1, 0.15) is 23.6 Å². The first-order chi connectivity index (χ1) is 8.16. The molecule has 2 heterocycles. The van der Waals surface area contributed by atoms with Gasteiger partial charge in [0.05, 0.1) is 0 Å². The topological polar surface area (TPSA) is 68.5 Å². The second kappa shape index (κ2) is 5.09. The Kier molecular flexibility index (Phi) is 3.53. The monoisotopic (exact) mass is 252 g/mol. The van der Waals surface area contributed by atoms with E-state index < -0.39 is 0 Å². The Balaban J connectivity index is 1.92. The summed E-state index contributed by atoms with van der Waals surface area (Å²) in [6, 6.07) is 0. The summed E-state index contributed by atoms with van der Waals surface area (Å²) in [5, 5.41) is 7.85. The van der Waals surface area contributed by atoms with Crippen LogP contribution < -0.4 is 5.32 Å². The number of halogens is 1. The Morgan fingerprint density at radius 1 is 1.35 bits per heavy atom. The molecule has 0 aliphatic rings. The van der Waals surface area contributed by atoms with Gasteiger partial charge in [-0.25, -0.2) is 15.0 Å². The highest BCUT2D eigenvalue weighted by atomic mass is 35.5. The van der Waals surface area contributed by atoms with Crippen molar-refractivity contribution >= 4 is 17.4 Å². The molecule has 17 heavy (non-hydrogen) atoms. The molecule has 0 spiro atoms. The van der Waals surface area contributed by atoms with Gasteiger partial charge in [0, 0.05) is 25.6 Å². The van der Waals surface area contributed by atoms with Gasteiger partial charge in [-0.2, -0.15) is 5.10 Å². The second-order valence-corrected chi connectivity index (χ2v) is 4.01. The predicted octanol–water partition coefficient (Wildman–Crippen LogP) is 1.22. The van der Waals surface area contributed by atoms with Gasteiger partial charge < -0.3 is 5.32 Å². The minimum absolute atomic E-state index is 0.471. The van der Waals surface area contributed by atoms with Crippen LogP contribution in [0.4, 0.5) is 5.82 Å². The first-order valence-electron chi connectivity index (χ1n) is 5.22. The third-order valence-electron chi connectivity index (χ3n) is 2.31. The molecule has 0 unspecified atom stereocenters. The molecule has 2 aromatic rings. The van der Waals surface area contributed by atoms with E-state index in [1.165, 1.54) is 6.33 Å². The molecule has 0 saturated heterocycles. The average Bonchev–Trinajstić information content (AvgIpc) is 2.70. The summed E-state index contributed by atoms with van der Waals surface area (Å²) in [7, 11) is 1.85. The molecule has 90 valence electrons. The summed E-state index contributed by atoms with van der Waals surface area (Å²) in [6.45, 7) is 2.59. The summed E-state index contributed by atoms with van der Waals surface area (Å²) >= 11 is 5.89. The lowest BCUT2D eigenvalue weighted by Gasteiger charge is -2.07. The Labute approximate surface area is 104 Å². The average molecular weight is 253 g/mol. The van der Waals surface area contributed by atoms with Crippen LogP contribution in [0.15, 0.2) is 12.7 Å². The van der Waals surface area contributed by atoms with E-state index in [0.29, 0.717) is 11.7 Å². The highest BCUT2D eigenvalue weighted by molar-refractivity contribution is 6.30. The molecule has 0 atom stereocenters. The van der Waals surface area contributed by atoms with Crippen molar-refractivity contribution in [2.75, 3.05) is 11.9 Å². The predicted molar refractivity (Wildman–Crippen MR) is 65.0 cm³/mol. The third-order valence-corrected chi connectivity index (χ3v) is 2.69. The van der Waals surface area contributed by atoms with Crippen LogP contribution in [-0.2, 0) is 13.5 Å². The van der Waals surface area contributed by atoms with Crippen molar-refractivity contribution < 1.29 is 0 Å². The number of hydrogen-bond acceptors (Lipinski definition) is 5. The van der Waals surface area contributed by atoms with Crippen LogP contribution in [0.25, 0.3) is 0 Å². The Morgan fingerprint density at radius 2 is 2.18 bits per heavy atom. The number of rotatable bonds is 4. The first kappa shape index (κ1) is 11.8. The summed E-state index contributed by atoms with van der Waals surface area (Å²) in [5.74, 6) is 1.55. The van der Waals surface area contributed by atoms with Crippen LogP contribution in [0, 0.1) is 6.92 Å². The number of nitrogens with one attached hydrogen (secondary N) is 1. The molecule has 0 bridgehead atoms. The maximum atomic E-state index is 5.89. The van der Waals surface area contributed by atoms with Crippen LogP contribution in [-0.4, -0.2) is 31.3 Å².